The van der Waals surface area contributed by atoms with Gasteiger partial charge < -0.3 is 9.80 Å². The topological polar surface area (TPSA) is 32.3 Å². The number of pyridine rings is 2. The Morgan fingerprint density at radius 1 is 0.957 bits per heavy atom. The van der Waals surface area contributed by atoms with Gasteiger partial charge >= 0.3 is 0 Å². The molecule has 0 radical (unpaired) electrons. The first kappa shape index (κ1) is 14.5. The second-order valence-corrected chi connectivity index (χ2v) is 7.47. The van der Waals surface area contributed by atoms with Crippen molar-refractivity contribution in [3.05, 3.63) is 48.8 Å². The zero-order valence-electron chi connectivity index (χ0n) is 14.1. The highest BCUT2D eigenvalue weighted by atomic mass is 15.4. The minimum atomic E-state index is 0.122. The fourth-order valence-corrected chi connectivity index (χ4v) is 4.49. The van der Waals surface area contributed by atoms with E-state index in [0.29, 0.717) is 6.04 Å². The van der Waals surface area contributed by atoms with Gasteiger partial charge in [0.2, 0.25) is 0 Å². The Morgan fingerprint density at radius 2 is 1.61 bits per heavy atom. The summed E-state index contributed by atoms with van der Waals surface area (Å²) >= 11 is 0. The maximum Gasteiger partial charge on any atom is 0.130 e. The first-order valence-electron chi connectivity index (χ1n) is 8.40. The quantitative estimate of drug-likeness (QED) is 0.846. The Labute approximate surface area is 138 Å². The van der Waals surface area contributed by atoms with E-state index < -0.39 is 0 Å². The average Bonchev–Trinajstić information content (AvgIpc) is 2.73. The molecule has 2 aliphatic rings. The molecule has 1 aliphatic heterocycles. The van der Waals surface area contributed by atoms with Gasteiger partial charge in [0.05, 0.1) is 6.67 Å². The van der Waals surface area contributed by atoms with E-state index in [0.717, 1.165) is 18.3 Å². The van der Waals surface area contributed by atoms with Crippen molar-refractivity contribution < 1.29 is 0 Å². The summed E-state index contributed by atoms with van der Waals surface area (Å²) in [7, 11) is 0. The highest BCUT2D eigenvalue weighted by molar-refractivity contribution is 5.53. The molecular weight excluding hydrogens is 284 g/mol. The maximum absolute atomic E-state index is 4.64. The predicted octanol–water partition coefficient (Wildman–Crippen LogP) is 3.71. The number of hydrogen-bond donors (Lipinski definition) is 0. The van der Waals surface area contributed by atoms with Crippen LogP contribution in [-0.4, -0.2) is 28.2 Å². The Balaban J connectivity index is 1.81. The Bertz CT molecular complexity index is 685. The van der Waals surface area contributed by atoms with Crippen LogP contribution in [0.1, 0.15) is 33.6 Å². The first-order valence-corrected chi connectivity index (χ1v) is 8.40. The van der Waals surface area contributed by atoms with E-state index in [9.17, 15) is 0 Å². The fraction of sp³-hybridized carbons (Fsp3) is 0.474. The normalized spacial score (nSPS) is 28.9. The zero-order chi connectivity index (χ0) is 16.1. The van der Waals surface area contributed by atoms with Gasteiger partial charge in [-0.05, 0) is 44.0 Å². The third kappa shape index (κ3) is 1.97. The van der Waals surface area contributed by atoms with E-state index in [-0.39, 0.29) is 11.0 Å². The SMILES string of the molecule is CC1(C)C2CCC1(C)N(c1ccccn1)CN2c1ccccn1. The van der Waals surface area contributed by atoms with Gasteiger partial charge in [-0.3, -0.25) is 0 Å². The lowest BCUT2D eigenvalue weighted by Crippen LogP contribution is -2.67. The fourth-order valence-electron chi connectivity index (χ4n) is 4.49. The smallest absolute Gasteiger partial charge is 0.130 e. The van der Waals surface area contributed by atoms with Crippen molar-refractivity contribution in [1.29, 1.82) is 0 Å². The molecule has 120 valence electrons. The van der Waals surface area contributed by atoms with Crippen LogP contribution in [0.3, 0.4) is 0 Å². The summed E-state index contributed by atoms with van der Waals surface area (Å²) in [5.74, 6) is 2.12. The lowest BCUT2D eigenvalue weighted by Gasteiger charge is -2.57. The summed E-state index contributed by atoms with van der Waals surface area (Å²) < 4.78 is 0. The van der Waals surface area contributed by atoms with Crippen molar-refractivity contribution >= 4 is 11.6 Å². The number of fused-ring (bicyclic) bond motifs is 2. The van der Waals surface area contributed by atoms with Crippen LogP contribution >= 0.6 is 0 Å². The van der Waals surface area contributed by atoms with E-state index >= 15 is 0 Å². The summed E-state index contributed by atoms with van der Waals surface area (Å²) in [4.78, 5) is 14.2. The molecule has 4 nitrogen and oxygen atoms in total. The number of hydrogen-bond acceptors (Lipinski definition) is 4. The van der Waals surface area contributed by atoms with Crippen LogP contribution < -0.4 is 9.80 Å². The van der Waals surface area contributed by atoms with Gasteiger partial charge in [-0.25, -0.2) is 9.97 Å². The van der Waals surface area contributed by atoms with Gasteiger partial charge in [0, 0.05) is 29.4 Å². The Morgan fingerprint density at radius 3 is 2.22 bits per heavy atom. The molecule has 1 saturated heterocycles. The lowest BCUT2D eigenvalue weighted by molar-refractivity contribution is 0.155. The van der Waals surface area contributed by atoms with E-state index in [4.69, 9.17) is 0 Å². The number of rotatable bonds is 2. The van der Waals surface area contributed by atoms with Crippen LogP contribution in [0, 0.1) is 5.41 Å². The van der Waals surface area contributed by atoms with E-state index in [1.807, 2.05) is 24.5 Å². The van der Waals surface area contributed by atoms with Gasteiger partial charge in [-0.15, -0.1) is 0 Å². The zero-order valence-corrected chi connectivity index (χ0v) is 14.1. The van der Waals surface area contributed by atoms with E-state index in [1.165, 1.54) is 12.8 Å². The van der Waals surface area contributed by atoms with Crippen LogP contribution in [-0.2, 0) is 0 Å². The third-order valence-electron chi connectivity index (χ3n) is 6.26. The molecule has 0 N–H and O–H groups in total. The molecule has 0 amide bonds. The summed E-state index contributed by atoms with van der Waals surface area (Å²) in [5, 5.41) is 0. The minimum Gasteiger partial charge on any atom is -0.335 e. The van der Waals surface area contributed by atoms with Crippen molar-refractivity contribution in [1.82, 2.24) is 9.97 Å². The predicted molar refractivity (Wildman–Crippen MR) is 93.5 cm³/mol. The van der Waals surface area contributed by atoms with Crippen molar-refractivity contribution in [2.75, 3.05) is 16.5 Å². The summed E-state index contributed by atoms with van der Waals surface area (Å²) in [6, 6.07) is 12.9. The van der Waals surface area contributed by atoms with Gasteiger partial charge in [0.25, 0.3) is 0 Å². The van der Waals surface area contributed by atoms with E-state index in [2.05, 4.69) is 64.8 Å². The Hall–Kier alpha value is -2.10. The molecule has 4 rings (SSSR count). The van der Waals surface area contributed by atoms with Gasteiger partial charge in [-0.1, -0.05) is 26.0 Å². The Kier molecular flexibility index (Phi) is 3.12. The first-order chi connectivity index (χ1) is 11.0. The summed E-state index contributed by atoms with van der Waals surface area (Å²) in [6.07, 6.45) is 6.15. The molecule has 3 heterocycles. The van der Waals surface area contributed by atoms with E-state index in [1.54, 1.807) is 0 Å². The molecule has 0 aromatic carbocycles. The van der Waals surface area contributed by atoms with Gasteiger partial charge in [-0.2, -0.15) is 0 Å². The standard InChI is InChI=1S/C19H24N4/c1-18(2)15-10-11-19(18,3)23(17-9-5-7-13-21-17)14-22(15)16-8-4-6-12-20-16/h4-9,12-13,15H,10-11,14H2,1-3H3. The molecule has 0 spiro atoms. The lowest BCUT2D eigenvalue weighted by atomic mass is 9.71. The third-order valence-corrected chi connectivity index (χ3v) is 6.26. The monoisotopic (exact) mass is 308 g/mol. The average molecular weight is 308 g/mol. The number of aromatic nitrogens is 2. The van der Waals surface area contributed by atoms with Crippen molar-refractivity contribution in [2.45, 2.75) is 45.2 Å². The van der Waals surface area contributed by atoms with Crippen LogP contribution in [0.15, 0.2) is 48.8 Å². The minimum absolute atomic E-state index is 0.122. The molecule has 2 atom stereocenters. The molecule has 2 fully saturated rings. The van der Waals surface area contributed by atoms with Crippen molar-refractivity contribution in [3.63, 3.8) is 0 Å². The maximum atomic E-state index is 4.64. The molecule has 1 saturated carbocycles. The molecule has 2 aromatic heterocycles. The number of nitrogens with zero attached hydrogens (tertiary/aromatic N) is 4. The molecule has 2 bridgehead atoms. The molecule has 1 aliphatic carbocycles. The van der Waals surface area contributed by atoms with Gasteiger partial charge in [0.1, 0.15) is 11.6 Å². The molecule has 2 unspecified atom stereocenters. The molecule has 2 aromatic rings. The van der Waals surface area contributed by atoms with Crippen molar-refractivity contribution in [3.8, 4) is 0 Å². The summed E-state index contributed by atoms with van der Waals surface area (Å²) in [5.41, 5.74) is 0.289. The van der Waals surface area contributed by atoms with Crippen LogP contribution in [0.4, 0.5) is 11.6 Å². The number of anilines is 2. The second kappa shape index (κ2) is 4.95. The molecule has 23 heavy (non-hydrogen) atoms. The highest BCUT2D eigenvalue weighted by Gasteiger charge is 2.60. The molecule has 4 heteroatoms. The highest BCUT2D eigenvalue weighted by Crippen LogP contribution is 2.55. The van der Waals surface area contributed by atoms with Gasteiger partial charge in [0.15, 0.2) is 0 Å². The summed E-state index contributed by atoms with van der Waals surface area (Å²) in [6.45, 7) is 8.04. The van der Waals surface area contributed by atoms with Crippen molar-refractivity contribution in [2.24, 2.45) is 5.41 Å². The van der Waals surface area contributed by atoms with Crippen LogP contribution in [0.5, 0.6) is 0 Å². The molecular formula is C19H24N4. The largest absolute Gasteiger partial charge is 0.335 e. The second-order valence-electron chi connectivity index (χ2n) is 7.47. The van der Waals surface area contributed by atoms with Crippen LogP contribution in [0.25, 0.3) is 0 Å². The van der Waals surface area contributed by atoms with Crippen LogP contribution in [0.2, 0.25) is 0 Å².